The average molecular weight is 344 g/mol. The first-order chi connectivity index (χ1) is 12.3. The van der Waals surface area contributed by atoms with Crippen LogP contribution in [0.25, 0.3) is 0 Å². The van der Waals surface area contributed by atoms with Gasteiger partial charge in [0.05, 0.1) is 13.2 Å². The van der Waals surface area contributed by atoms with E-state index in [2.05, 4.69) is 10.2 Å². The molecule has 0 saturated carbocycles. The Hall–Kier alpha value is -2.47. The van der Waals surface area contributed by atoms with E-state index in [0.717, 1.165) is 41.5 Å². The molecule has 0 unspecified atom stereocenters. The van der Waals surface area contributed by atoms with E-state index in [-0.39, 0.29) is 5.82 Å². The maximum Gasteiger partial charge on any atom is 0.161 e. The predicted octanol–water partition coefficient (Wildman–Crippen LogP) is 3.05. The van der Waals surface area contributed by atoms with Gasteiger partial charge in [0.15, 0.2) is 11.5 Å². The largest absolute Gasteiger partial charge is 0.486 e. The SMILES string of the molecule is Fc1cc(NCc2ccc3c(c2)OCCO3)cc(N2CCOCC2)c1. The quantitative estimate of drug-likeness (QED) is 0.923. The normalized spacial score (nSPS) is 16.6. The van der Waals surface area contributed by atoms with Crippen molar-refractivity contribution in [1.29, 1.82) is 0 Å². The maximum absolute atomic E-state index is 14.0. The Morgan fingerprint density at radius 1 is 0.920 bits per heavy atom. The zero-order valence-electron chi connectivity index (χ0n) is 14.0. The molecule has 0 aromatic heterocycles. The molecule has 1 saturated heterocycles. The second-order valence-corrected chi connectivity index (χ2v) is 6.13. The van der Waals surface area contributed by atoms with E-state index in [1.807, 2.05) is 24.3 Å². The summed E-state index contributed by atoms with van der Waals surface area (Å²) >= 11 is 0. The second kappa shape index (κ2) is 7.19. The first-order valence-corrected chi connectivity index (χ1v) is 8.54. The summed E-state index contributed by atoms with van der Waals surface area (Å²) < 4.78 is 30.5. The maximum atomic E-state index is 14.0. The highest BCUT2D eigenvalue weighted by molar-refractivity contribution is 5.59. The van der Waals surface area contributed by atoms with E-state index in [1.165, 1.54) is 6.07 Å². The molecule has 1 fully saturated rings. The topological polar surface area (TPSA) is 43.0 Å². The fraction of sp³-hybridized carbons (Fsp3) is 0.368. The Bertz CT molecular complexity index is 747. The number of halogens is 1. The van der Waals surface area contributed by atoms with Crippen molar-refractivity contribution in [2.45, 2.75) is 6.54 Å². The third-order valence-electron chi connectivity index (χ3n) is 4.36. The van der Waals surface area contributed by atoms with Gasteiger partial charge in [-0.2, -0.15) is 0 Å². The predicted molar refractivity (Wildman–Crippen MR) is 94.2 cm³/mol. The van der Waals surface area contributed by atoms with E-state index < -0.39 is 0 Å². The fourth-order valence-electron chi connectivity index (χ4n) is 3.08. The molecule has 5 nitrogen and oxygen atoms in total. The van der Waals surface area contributed by atoms with Crippen LogP contribution >= 0.6 is 0 Å². The van der Waals surface area contributed by atoms with Crippen molar-refractivity contribution in [2.75, 3.05) is 49.7 Å². The van der Waals surface area contributed by atoms with Gasteiger partial charge in [-0.05, 0) is 35.9 Å². The smallest absolute Gasteiger partial charge is 0.161 e. The zero-order chi connectivity index (χ0) is 17.1. The number of ether oxygens (including phenoxy) is 3. The minimum Gasteiger partial charge on any atom is -0.486 e. The van der Waals surface area contributed by atoms with Gasteiger partial charge in [-0.1, -0.05) is 6.07 Å². The van der Waals surface area contributed by atoms with Gasteiger partial charge in [0.1, 0.15) is 19.0 Å². The summed E-state index contributed by atoms with van der Waals surface area (Å²) in [6.45, 7) is 4.65. The lowest BCUT2D eigenvalue weighted by Crippen LogP contribution is -2.36. The number of nitrogens with zero attached hydrogens (tertiary/aromatic N) is 1. The number of rotatable bonds is 4. The van der Waals surface area contributed by atoms with E-state index >= 15 is 0 Å². The van der Waals surface area contributed by atoms with Gasteiger partial charge in [-0.25, -0.2) is 4.39 Å². The van der Waals surface area contributed by atoms with Crippen LogP contribution in [0.1, 0.15) is 5.56 Å². The monoisotopic (exact) mass is 344 g/mol. The number of morpholine rings is 1. The summed E-state index contributed by atoms with van der Waals surface area (Å²) in [7, 11) is 0. The van der Waals surface area contributed by atoms with Crippen molar-refractivity contribution in [3.05, 3.63) is 47.8 Å². The summed E-state index contributed by atoms with van der Waals surface area (Å²) in [5, 5.41) is 3.29. The van der Waals surface area contributed by atoms with Gasteiger partial charge in [-0.15, -0.1) is 0 Å². The van der Waals surface area contributed by atoms with E-state index in [1.54, 1.807) is 6.07 Å². The first kappa shape index (κ1) is 16.0. The van der Waals surface area contributed by atoms with Gasteiger partial charge in [-0.3, -0.25) is 0 Å². The average Bonchev–Trinajstić information content (AvgIpc) is 2.66. The molecule has 6 heteroatoms. The van der Waals surface area contributed by atoms with Crippen LogP contribution in [0.2, 0.25) is 0 Å². The first-order valence-electron chi connectivity index (χ1n) is 8.54. The molecular weight excluding hydrogens is 323 g/mol. The highest BCUT2D eigenvalue weighted by Gasteiger charge is 2.14. The van der Waals surface area contributed by atoms with Crippen LogP contribution in [0.4, 0.5) is 15.8 Å². The lowest BCUT2D eigenvalue weighted by molar-refractivity contribution is 0.122. The van der Waals surface area contributed by atoms with Crippen molar-refractivity contribution < 1.29 is 18.6 Å². The zero-order valence-corrected chi connectivity index (χ0v) is 14.0. The van der Waals surface area contributed by atoms with Crippen molar-refractivity contribution in [3.63, 3.8) is 0 Å². The molecular formula is C19H21FN2O3. The van der Waals surface area contributed by atoms with Crippen molar-refractivity contribution in [2.24, 2.45) is 0 Å². The molecule has 2 aromatic rings. The molecule has 132 valence electrons. The van der Waals surface area contributed by atoms with Crippen LogP contribution in [0.15, 0.2) is 36.4 Å². The molecule has 0 radical (unpaired) electrons. The van der Waals surface area contributed by atoms with E-state index in [4.69, 9.17) is 14.2 Å². The molecule has 25 heavy (non-hydrogen) atoms. The van der Waals surface area contributed by atoms with Crippen LogP contribution in [0.3, 0.4) is 0 Å². The van der Waals surface area contributed by atoms with Crippen LogP contribution in [-0.4, -0.2) is 39.5 Å². The summed E-state index contributed by atoms with van der Waals surface area (Å²) in [4.78, 5) is 2.14. The lowest BCUT2D eigenvalue weighted by atomic mass is 10.1. The molecule has 2 heterocycles. The number of nitrogens with one attached hydrogen (secondary N) is 1. The summed E-state index contributed by atoms with van der Waals surface area (Å²) in [6.07, 6.45) is 0. The van der Waals surface area contributed by atoms with Gasteiger partial charge in [0, 0.05) is 31.0 Å². The molecule has 2 aliphatic rings. The van der Waals surface area contributed by atoms with Crippen LogP contribution < -0.4 is 19.7 Å². The highest BCUT2D eigenvalue weighted by Crippen LogP contribution is 2.31. The Morgan fingerprint density at radius 2 is 1.72 bits per heavy atom. The number of hydrogen-bond acceptors (Lipinski definition) is 5. The van der Waals surface area contributed by atoms with Crippen molar-refractivity contribution >= 4 is 11.4 Å². The van der Waals surface area contributed by atoms with E-state index in [0.29, 0.717) is 33.0 Å². The van der Waals surface area contributed by atoms with Crippen molar-refractivity contribution in [1.82, 2.24) is 0 Å². The second-order valence-electron chi connectivity index (χ2n) is 6.13. The highest BCUT2D eigenvalue weighted by atomic mass is 19.1. The number of fused-ring (bicyclic) bond motifs is 1. The number of hydrogen-bond donors (Lipinski definition) is 1. The summed E-state index contributed by atoms with van der Waals surface area (Å²) in [5.74, 6) is 1.29. The van der Waals surface area contributed by atoms with Gasteiger partial charge in [0.2, 0.25) is 0 Å². The molecule has 0 amide bonds. The minimum absolute atomic E-state index is 0.242. The third-order valence-corrected chi connectivity index (χ3v) is 4.36. The third kappa shape index (κ3) is 3.79. The molecule has 0 aliphatic carbocycles. The Labute approximate surface area is 146 Å². The molecule has 0 bridgehead atoms. The molecule has 0 atom stereocenters. The number of benzene rings is 2. The van der Waals surface area contributed by atoms with Crippen LogP contribution in [-0.2, 0) is 11.3 Å². The van der Waals surface area contributed by atoms with E-state index in [9.17, 15) is 4.39 Å². The summed E-state index contributed by atoms with van der Waals surface area (Å²) in [5.41, 5.74) is 2.70. The van der Waals surface area contributed by atoms with Gasteiger partial charge in [0.25, 0.3) is 0 Å². The van der Waals surface area contributed by atoms with Crippen LogP contribution in [0.5, 0.6) is 11.5 Å². The molecule has 2 aliphatic heterocycles. The Balaban J connectivity index is 1.46. The summed E-state index contributed by atoms with van der Waals surface area (Å²) in [6, 6.07) is 10.9. The van der Waals surface area contributed by atoms with Gasteiger partial charge >= 0.3 is 0 Å². The molecule has 1 N–H and O–H groups in total. The number of anilines is 2. The minimum atomic E-state index is -0.242. The lowest BCUT2D eigenvalue weighted by Gasteiger charge is -2.29. The fourth-order valence-corrected chi connectivity index (χ4v) is 3.08. The molecule has 0 spiro atoms. The van der Waals surface area contributed by atoms with Crippen molar-refractivity contribution in [3.8, 4) is 11.5 Å². The Kier molecular flexibility index (Phi) is 4.61. The Morgan fingerprint density at radius 3 is 2.56 bits per heavy atom. The molecule has 2 aromatic carbocycles. The molecule has 4 rings (SSSR count). The van der Waals surface area contributed by atoms with Gasteiger partial charge < -0.3 is 24.4 Å². The standard InChI is InChI=1S/C19H21FN2O3/c20-15-10-16(12-17(11-15)22-3-5-23-6-4-22)21-13-14-1-2-18-19(9-14)25-8-7-24-18/h1-2,9-12,21H,3-8,13H2. The van der Waals surface area contributed by atoms with Crippen LogP contribution in [0, 0.1) is 5.82 Å².